The summed E-state index contributed by atoms with van der Waals surface area (Å²) in [4.78, 5) is 16.2. The fourth-order valence-electron chi connectivity index (χ4n) is 5.00. The second-order valence-corrected chi connectivity index (χ2v) is 9.39. The lowest BCUT2D eigenvalue weighted by molar-refractivity contribution is -0.128. The van der Waals surface area contributed by atoms with Crippen LogP contribution in [0.15, 0.2) is 24.3 Å². The van der Waals surface area contributed by atoms with E-state index >= 15 is 0 Å². The molecule has 7 heteroatoms. The van der Waals surface area contributed by atoms with E-state index in [4.69, 9.17) is 4.74 Å². The number of hydrogen-bond donors (Lipinski definition) is 2. The molecule has 1 aliphatic heterocycles. The highest BCUT2D eigenvalue weighted by molar-refractivity contribution is 5.77. The van der Waals surface area contributed by atoms with E-state index in [-0.39, 0.29) is 29.9 Å². The van der Waals surface area contributed by atoms with Crippen LogP contribution in [0.4, 0.5) is 4.39 Å². The number of rotatable bonds is 10. The van der Waals surface area contributed by atoms with E-state index in [2.05, 4.69) is 22.5 Å². The van der Waals surface area contributed by atoms with Gasteiger partial charge in [-0.1, -0.05) is 25.1 Å². The zero-order valence-electron chi connectivity index (χ0n) is 20.0. The Morgan fingerprint density at radius 1 is 1.19 bits per heavy atom. The number of piperidine rings is 1. The fourth-order valence-corrected chi connectivity index (χ4v) is 5.00. The van der Waals surface area contributed by atoms with Crippen LogP contribution in [0.2, 0.25) is 0 Å². The summed E-state index contributed by atoms with van der Waals surface area (Å²) in [6.45, 7) is 5.95. The maximum atomic E-state index is 14.2. The van der Waals surface area contributed by atoms with Crippen molar-refractivity contribution in [2.75, 3.05) is 47.0 Å². The molecule has 32 heavy (non-hydrogen) atoms. The average Bonchev–Trinajstić information content (AvgIpc) is 2.81. The first-order valence-electron chi connectivity index (χ1n) is 12.2. The van der Waals surface area contributed by atoms with Crippen molar-refractivity contribution < 1.29 is 13.9 Å². The maximum absolute atomic E-state index is 14.2. The molecule has 1 aliphatic carbocycles. The smallest absolute Gasteiger partial charge is 0.236 e. The normalized spacial score (nSPS) is 26.8. The molecule has 2 aliphatic rings. The van der Waals surface area contributed by atoms with Gasteiger partial charge in [-0.2, -0.15) is 0 Å². The molecule has 1 amide bonds. The highest BCUT2D eigenvalue weighted by Crippen LogP contribution is 2.35. The molecule has 6 nitrogen and oxygen atoms in total. The van der Waals surface area contributed by atoms with Crippen LogP contribution in [-0.2, 0) is 9.53 Å². The van der Waals surface area contributed by atoms with E-state index in [9.17, 15) is 9.18 Å². The molecule has 1 heterocycles. The summed E-state index contributed by atoms with van der Waals surface area (Å²) in [6.07, 6.45) is 6.27. The van der Waals surface area contributed by atoms with Gasteiger partial charge in [0.15, 0.2) is 0 Å². The van der Waals surface area contributed by atoms with Gasteiger partial charge >= 0.3 is 0 Å². The molecule has 2 fully saturated rings. The van der Waals surface area contributed by atoms with Crippen molar-refractivity contribution in [3.8, 4) is 0 Å². The molecule has 0 bridgehead atoms. The Bertz CT molecular complexity index is 709. The van der Waals surface area contributed by atoms with Crippen molar-refractivity contribution in [2.45, 2.75) is 69.6 Å². The lowest BCUT2D eigenvalue weighted by atomic mass is 9.82. The highest BCUT2D eigenvalue weighted by atomic mass is 19.1. The Morgan fingerprint density at radius 3 is 2.62 bits per heavy atom. The highest BCUT2D eigenvalue weighted by Gasteiger charge is 2.33. The zero-order valence-corrected chi connectivity index (χ0v) is 20.0. The Hall–Kier alpha value is -1.54. The van der Waals surface area contributed by atoms with Crippen LogP contribution in [-0.4, -0.2) is 80.9 Å². The van der Waals surface area contributed by atoms with E-state index in [1.54, 1.807) is 31.1 Å². The van der Waals surface area contributed by atoms with Crippen LogP contribution < -0.4 is 10.6 Å². The monoisotopic (exact) mass is 448 g/mol. The third-order valence-electron chi connectivity index (χ3n) is 7.00. The van der Waals surface area contributed by atoms with Gasteiger partial charge < -0.3 is 20.3 Å². The SMILES string of the molecule is CCNCN1CCCC(NCC(=O)N(C)C)C1COC1CCC(c2ccccc2F)CC1. The second kappa shape index (κ2) is 12.6. The fraction of sp³-hybridized carbons (Fsp3) is 0.720. The number of amides is 1. The van der Waals surface area contributed by atoms with Gasteiger partial charge in [0.05, 0.1) is 19.3 Å². The number of benzene rings is 1. The molecule has 1 aromatic carbocycles. The number of nitrogens with zero attached hydrogens (tertiary/aromatic N) is 2. The lowest BCUT2D eigenvalue weighted by Crippen LogP contribution is -2.59. The van der Waals surface area contributed by atoms with E-state index < -0.39 is 0 Å². The molecule has 3 rings (SSSR count). The molecular weight excluding hydrogens is 407 g/mol. The van der Waals surface area contributed by atoms with Crippen LogP contribution in [0, 0.1) is 5.82 Å². The van der Waals surface area contributed by atoms with Crippen molar-refractivity contribution in [1.29, 1.82) is 0 Å². The number of ether oxygens (including phenoxy) is 1. The number of hydrogen-bond acceptors (Lipinski definition) is 5. The zero-order chi connectivity index (χ0) is 22.9. The van der Waals surface area contributed by atoms with Crippen LogP contribution in [0.5, 0.6) is 0 Å². The van der Waals surface area contributed by atoms with Gasteiger partial charge in [-0.25, -0.2) is 4.39 Å². The molecule has 180 valence electrons. The van der Waals surface area contributed by atoms with Gasteiger partial charge in [-0.3, -0.25) is 9.69 Å². The standard InChI is InChI=1S/C25H41FN4O2/c1-4-27-18-30-15-7-10-23(28-16-25(31)29(2)3)24(30)17-32-20-13-11-19(12-14-20)21-8-5-6-9-22(21)26/h5-6,8-9,19-20,23-24,27-28H,4,7,10-18H2,1-3H3. The van der Waals surface area contributed by atoms with Crippen molar-refractivity contribution in [3.05, 3.63) is 35.6 Å². The summed E-state index contributed by atoms with van der Waals surface area (Å²) in [5.41, 5.74) is 0.852. The molecule has 2 atom stereocenters. The van der Waals surface area contributed by atoms with E-state index in [0.29, 0.717) is 19.1 Å². The van der Waals surface area contributed by atoms with Crippen LogP contribution in [0.3, 0.4) is 0 Å². The summed E-state index contributed by atoms with van der Waals surface area (Å²) in [5.74, 6) is 0.307. The van der Waals surface area contributed by atoms with E-state index in [1.165, 1.54) is 0 Å². The predicted molar refractivity (Wildman–Crippen MR) is 126 cm³/mol. The number of likely N-dealkylation sites (tertiary alicyclic amines) is 1. The quantitative estimate of drug-likeness (QED) is 0.576. The van der Waals surface area contributed by atoms with Gasteiger partial charge in [-0.05, 0) is 69.2 Å². The van der Waals surface area contributed by atoms with Crippen molar-refractivity contribution in [2.24, 2.45) is 0 Å². The Kier molecular flexibility index (Phi) is 9.91. The predicted octanol–water partition coefficient (Wildman–Crippen LogP) is 2.95. The molecule has 1 saturated carbocycles. The summed E-state index contributed by atoms with van der Waals surface area (Å²) in [7, 11) is 3.58. The minimum atomic E-state index is -0.0840. The average molecular weight is 449 g/mol. The molecule has 0 aromatic heterocycles. The van der Waals surface area contributed by atoms with Crippen molar-refractivity contribution in [3.63, 3.8) is 0 Å². The third kappa shape index (κ3) is 6.98. The Labute approximate surface area is 192 Å². The molecule has 0 radical (unpaired) electrons. The number of carbonyl (C=O) groups excluding carboxylic acids is 1. The van der Waals surface area contributed by atoms with Crippen LogP contribution in [0.25, 0.3) is 0 Å². The third-order valence-corrected chi connectivity index (χ3v) is 7.00. The Morgan fingerprint density at radius 2 is 1.94 bits per heavy atom. The summed E-state index contributed by atoms with van der Waals surface area (Å²) in [5, 5.41) is 6.95. The van der Waals surface area contributed by atoms with E-state index in [0.717, 1.165) is 63.8 Å². The Balaban J connectivity index is 1.54. The van der Waals surface area contributed by atoms with Gasteiger partial charge in [0.25, 0.3) is 0 Å². The van der Waals surface area contributed by atoms with Crippen LogP contribution >= 0.6 is 0 Å². The molecule has 1 saturated heterocycles. The first kappa shape index (κ1) is 25.1. The van der Waals surface area contributed by atoms with Crippen molar-refractivity contribution in [1.82, 2.24) is 20.4 Å². The van der Waals surface area contributed by atoms with Crippen molar-refractivity contribution >= 4 is 5.91 Å². The first-order valence-corrected chi connectivity index (χ1v) is 12.2. The van der Waals surface area contributed by atoms with Crippen LogP contribution in [0.1, 0.15) is 56.9 Å². The molecule has 0 spiro atoms. The van der Waals surface area contributed by atoms with E-state index in [1.807, 2.05) is 12.1 Å². The molecular formula is C25H41FN4O2. The molecule has 1 aromatic rings. The van der Waals surface area contributed by atoms with Gasteiger partial charge in [0.1, 0.15) is 5.82 Å². The molecule has 2 unspecified atom stereocenters. The lowest BCUT2D eigenvalue weighted by Gasteiger charge is -2.42. The second-order valence-electron chi connectivity index (χ2n) is 9.39. The summed E-state index contributed by atoms with van der Waals surface area (Å²) >= 11 is 0. The first-order chi connectivity index (χ1) is 15.5. The molecule has 2 N–H and O–H groups in total. The largest absolute Gasteiger partial charge is 0.377 e. The number of halogens is 1. The van der Waals surface area contributed by atoms with Gasteiger partial charge in [0, 0.05) is 32.8 Å². The number of nitrogens with one attached hydrogen (secondary N) is 2. The number of carbonyl (C=O) groups is 1. The summed E-state index contributed by atoms with van der Waals surface area (Å²) in [6, 6.07) is 7.65. The minimum absolute atomic E-state index is 0.0840. The van der Waals surface area contributed by atoms with Gasteiger partial charge in [-0.15, -0.1) is 0 Å². The maximum Gasteiger partial charge on any atom is 0.236 e. The topological polar surface area (TPSA) is 56.8 Å². The minimum Gasteiger partial charge on any atom is -0.377 e. The number of likely N-dealkylation sites (N-methyl/N-ethyl adjacent to an activating group) is 1. The van der Waals surface area contributed by atoms with Gasteiger partial charge in [0.2, 0.25) is 5.91 Å². The summed E-state index contributed by atoms with van der Waals surface area (Å²) < 4.78 is 20.6.